The van der Waals surface area contributed by atoms with Crippen LogP contribution in [0, 0.1) is 17.0 Å². The van der Waals surface area contributed by atoms with Gasteiger partial charge in [0, 0.05) is 35.4 Å². The van der Waals surface area contributed by atoms with Gasteiger partial charge in [-0.05, 0) is 43.7 Å². The van der Waals surface area contributed by atoms with Crippen molar-refractivity contribution in [3.05, 3.63) is 118 Å². The van der Waals surface area contributed by atoms with E-state index in [-0.39, 0.29) is 30.0 Å². The molecule has 0 saturated heterocycles. The maximum atomic E-state index is 13.8. The van der Waals surface area contributed by atoms with Gasteiger partial charge in [-0.2, -0.15) is 0 Å². The van der Waals surface area contributed by atoms with Crippen LogP contribution >= 0.6 is 22.9 Å². The van der Waals surface area contributed by atoms with Crippen molar-refractivity contribution in [3.63, 3.8) is 0 Å². The lowest BCUT2D eigenvalue weighted by Crippen LogP contribution is -2.40. The summed E-state index contributed by atoms with van der Waals surface area (Å²) < 4.78 is 18.1. The number of hydrogen-bond donors (Lipinski definition) is 0. The summed E-state index contributed by atoms with van der Waals surface area (Å²) in [7, 11) is 1.51. The number of carbonyl (C=O) groups excluding carboxylic acids is 1. The standard InChI is InChI=1S/C29H24ClN3O7S/c1-16-4-5-19(14-22(16)33(36)37)23-11-10-21(40-23)15-24-27(34)32-26(18-6-8-20(30)9-7-18)25(17(2)31-29(32)41-24)28(35)39-13-12-38-3/h4-11,14-15,26H,12-13H2,1-3H3. The molecule has 5 rings (SSSR count). The Morgan fingerprint density at radius 1 is 1.17 bits per heavy atom. The molecular formula is C29H24ClN3O7S. The van der Waals surface area contributed by atoms with Gasteiger partial charge in [-0.15, -0.1) is 0 Å². The van der Waals surface area contributed by atoms with Crippen molar-refractivity contribution in [2.75, 3.05) is 20.3 Å². The van der Waals surface area contributed by atoms with Crippen LogP contribution in [0.3, 0.4) is 0 Å². The van der Waals surface area contributed by atoms with Gasteiger partial charge in [0.05, 0.1) is 33.4 Å². The third-order valence-electron chi connectivity index (χ3n) is 6.54. The summed E-state index contributed by atoms with van der Waals surface area (Å²) in [6.45, 7) is 3.64. The molecule has 2 aromatic carbocycles. The molecule has 2 aromatic heterocycles. The van der Waals surface area contributed by atoms with E-state index in [1.165, 1.54) is 17.7 Å². The van der Waals surface area contributed by atoms with E-state index in [1.807, 2.05) is 0 Å². The number of aromatic nitrogens is 1. The van der Waals surface area contributed by atoms with Gasteiger partial charge >= 0.3 is 5.97 Å². The Morgan fingerprint density at radius 2 is 1.93 bits per heavy atom. The van der Waals surface area contributed by atoms with Crippen molar-refractivity contribution >= 4 is 40.7 Å². The van der Waals surface area contributed by atoms with Crippen molar-refractivity contribution in [1.29, 1.82) is 0 Å². The fourth-order valence-corrected chi connectivity index (χ4v) is 5.67. The average molecular weight is 594 g/mol. The molecule has 10 nitrogen and oxygen atoms in total. The van der Waals surface area contributed by atoms with Crippen LogP contribution in [0.15, 0.2) is 80.1 Å². The molecule has 0 saturated carbocycles. The number of methoxy groups -OCH3 is 1. The Kier molecular flexibility index (Phi) is 8.02. The molecular weight excluding hydrogens is 570 g/mol. The molecule has 4 aromatic rings. The van der Waals surface area contributed by atoms with Gasteiger partial charge in [0.25, 0.3) is 11.2 Å². The van der Waals surface area contributed by atoms with E-state index >= 15 is 0 Å². The summed E-state index contributed by atoms with van der Waals surface area (Å²) in [5.74, 6) is 0.204. The predicted molar refractivity (Wildman–Crippen MR) is 154 cm³/mol. The second-order valence-electron chi connectivity index (χ2n) is 9.22. The second-order valence-corrected chi connectivity index (χ2v) is 10.7. The van der Waals surface area contributed by atoms with Gasteiger partial charge in [-0.25, -0.2) is 9.79 Å². The maximum Gasteiger partial charge on any atom is 0.338 e. The maximum absolute atomic E-state index is 13.8. The number of esters is 1. The van der Waals surface area contributed by atoms with Crippen LogP contribution in [0.5, 0.6) is 0 Å². The topological polar surface area (TPSA) is 126 Å². The van der Waals surface area contributed by atoms with Gasteiger partial charge in [0.2, 0.25) is 0 Å². The normalized spacial score (nSPS) is 15.0. The number of nitrogens with zero attached hydrogens (tertiary/aromatic N) is 3. The lowest BCUT2D eigenvalue weighted by atomic mass is 9.96. The zero-order valence-electron chi connectivity index (χ0n) is 22.3. The molecule has 0 spiro atoms. The number of furan rings is 1. The number of aryl methyl sites for hydroxylation is 1. The third-order valence-corrected chi connectivity index (χ3v) is 7.77. The molecule has 0 N–H and O–H groups in total. The number of ether oxygens (including phenoxy) is 2. The number of fused-ring (bicyclic) bond motifs is 1. The van der Waals surface area contributed by atoms with E-state index in [2.05, 4.69) is 4.99 Å². The first-order chi connectivity index (χ1) is 19.7. The fraction of sp³-hybridized carbons (Fsp3) is 0.207. The Morgan fingerprint density at radius 3 is 2.63 bits per heavy atom. The molecule has 12 heteroatoms. The molecule has 1 unspecified atom stereocenters. The zero-order valence-corrected chi connectivity index (χ0v) is 23.8. The highest BCUT2D eigenvalue weighted by Crippen LogP contribution is 2.32. The van der Waals surface area contributed by atoms with Crippen LogP contribution in [0.25, 0.3) is 17.4 Å². The van der Waals surface area contributed by atoms with E-state index in [0.717, 1.165) is 11.3 Å². The number of rotatable bonds is 8. The Balaban J connectivity index is 1.58. The minimum atomic E-state index is -0.791. The number of allylic oxidation sites excluding steroid dienone is 1. The second kappa shape index (κ2) is 11.7. The van der Waals surface area contributed by atoms with Gasteiger partial charge in [0.15, 0.2) is 4.80 Å². The molecule has 0 radical (unpaired) electrons. The molecule has 0 fully saturated rings. The van der Waals surface area contributed by atoms with Crippen LogP contribution in [0.4, 0.5) is 5.69 Å². The summed E-state index contributed by atoms with van der Waals surface area (Å²) in [5, 5.41) is 11.9. The molecule has 3 heterocycles. The quantitative estimate of drug-likeness (QED) is 0.127. The number of thiazole rings is 1. The first-order valence-electron chi connectivity index (χ1n) is 12.5. The highest BCUT2D eigenvalue weighted by molar-refractivity contribution is 7.07. The summed E-state index contributed by atoms with van der Waals surface area (Å²) in [6.07, 6.45) is 1.59. The molecule has 1 aliphatic rings. The average Bonchev–Trinajstić information content (AvgIpc) is 3.53. The summed E-state index contributed by atoms with van der Waals surface area (Å²) >= 11 is 7.27. The minimum absolute atomic E-state index is 0.0112. The van der Waals surface area contributed by atoms with Crippen LogP contribution < -0.4 is 14.9 Å². The largest absolute Gasteiger partial charge is 0.460 e. The van der Waals surface area contributed by atoms with E-state index in [9.17, 15) is 19.7 Å². The van der Waals surface area contributed by atoms with Crippen LogP contribution in [0.2, 0.25) is 5.02 Å². The number of nitro benzene ring substituents is 1. The Bertz CT molecular complexity index is 1870. The minimum Gasteiger partial charge on any atom is -0.460 e. The summed E-state index contributed by atoms with van der Waals surface area (Å²) in [5.41, 5.74) is 2.04. The summed E-state index contributed by atoms with van der Waals surface area (Å²) in [6, 6.07) is 14.3. The number of hydrogen-bond acceptors (Lipinski definition) is 9. The number of benzene rings is 2. The van der Waals surface area contributed by atoms with E-state index in [1.54, 1.807) is 68.5 Å². The molecule has 0 bridgehead atoms. The molecule has 210 valence electrons. The smallest absolute Gasteiger partial charge is 0.338 e. The summed E-state index contributed by atoms with van der Waals surface area (Å²) in [4.78, 5) is 42.9. The fourth-order valence-electron chi connectivity index (χ4n) is 4.51. The predicted octanol–water partition coefficient (Wildman–Crippen LogP) is 4.55. The Labute approximate surface area is 242 Å². The van der Waals surface area contributed by atoms with Crippen molar-refractivity contribution < 1.29 is 23.6 Å². The van der Waals surface area contributed by atoms with Gasteiger partial charge < -0.3 is 13.9 Å². The lowest BCUT2D eigenvalue weighted by Gasteiger charge is -2.24. The van der Waals surface area contributed by atoms with Crippen molar-refractivity contribution in [1.82, 2.24) is 4.57 Å². The van der Waals surface area contributed by atoms with Crippen LogP contribution in [-0.2, 0) is 14.3 Å². The number of nitro groups is 1. The van der Waals surface area contributed by atoms with Gasteiger partial charge in [-0.1, -0.05) is 47.2 Å². The first-order valence-corrected chi connectivity index (χ1v) is 13.7. The van der Waals surface area contributed by atoms with Gasteiger partial charge in [-0.3, -0.25) is 19.5 Å². The van der Waals surface area contributed by atoms with Crippen LogP contribution in [0.1, 0.15) is 29.9 Å². The lowest BCUT2D eigenvalue weighted by molar-refractivity contribution is -0.385. The third kappa shape index (κ3) is 5.64. The molecule has 1 atom stereocenters. The van der Waals surface area contributed by atoms with E-state index < -0.39 is 16.9 Å². The van der Waals surface area contributed by atoms with E-state index in [4.69, 9.17) is 25.5 Å². The highest BCUT2D eigenvalue weighted by atomic mass is 35.5. The van der Waals surface area contributed by atoms with Crippen LogP contribution in [-0.4, -0.2) is 35.8 Å². The number of halogens is 1. The zero-order chi connectivity index (χ0) is 29.3. The van der Waals surface area contributed by atoms with Crippen molar-refractivity contribution in [2.24, 2.45) is 4.99 Å². The van der Waals surface area contributed by atoms with Gasteiger partial charge in [0.1, 0.15) is 18.1 Å². The number of carbonyl (C=O) groups is 1. The van der Waals surface area contributed by atoms with E-state index in [0.29, 0.717) is 48.3 Å². The first kappa shape index (κ1) is 28.2. The molecule has 41 heavy (non-hydrogen) atoms. The SMILES string of the molecule is COCCOC(=O)C1=C(C)N=c2sc(=Cc3ccc(-c4ccc(C)c([N+](=O)[O-])c4)o3)c(=O)n2C1c1ccc(Cl)cc1. The molecule has 0 aliphatic carbocycles. The molecule has 0 amide bonds. The molecule has 1 aliphatic heterocycles. The Hall–Kier alpha value is -4.32. The highest BCUT2D eigenvalue weighted by Gasteiger charge is 2.33. The van der Waals surface area contributed by atoms with Crippen molar-refractivity contribution in [2.45, 2.75) is 19.9 Å². The van der Waals surface area contributed by atoms with Crippen molar-refractivity contribution in [3.8, 4) is 11.3 Å². The monoisotopic (exact) mass is 593 g/mol.